The molecule has 0 aliphatic carbocycles. The zero-order valence-corrected chi connectivity index (χ0v) is 7.74. The first-order valence-corrected chi connectivity index (χ1v) is 4.63. The fourth-order valence-electron chi connectivity index (χ4n) is 0.637. The van der Waals surface area contributed by atoms with Crippen LogP contribution in [0.3, 0.4) is 0 Å². The van der Waals surface area contributed by atoms with Crippen LogP contribution in [0.1, 0.15) is 0 Å². The van der Waals surface area contributed by atoms with Crippen molar-refractivity contribution in [3.63, 3.8) is 0 Å². The van der Waals surface area contributed by atoms with E-state index >= 15 is 0 Å². The van der Waals surface area contributed by atoms with Gasteiger partial charge in [0.15, 0.2) is 6.29 Å². The van der Waals surface area contributed by atoms with Crippen molar-refractivity contribution in [2.75, 3.05) is 12.0 Å². The van der Waals surface area contributed by atoms with E-state index < -0.39 is 17.3 Å². The van der Waals surface area contributed by atoms with Crippen LogP contribution in [-0.2, 0) is 9.59 Å². The Hall–Kier alpha value is -0.630. The Morgan fingerprint density at radius 1 is 1.62 bits per heavy atom. The standard InChI is InChI=1S/C6H11NO5S/c1-13-3-6(11,12)5(7,2-8)4(9)10/h2,11-12H,3,7H2,1H3,(H,9,10). The molecular weight excluding hydrogens is 198 g/mol. The highest BCUT2D eigenvalue weighted by Crippen LogP contribution is 2.19. The van der Waals surface area contributed by atoms with Crippen LogP contribution in [0.2, 0.25) is 0 Å². The molecule has 6 nitrogen and oxygen atoms in total. The van der Waals surface area contributed by atoms with Gasteiger partial charge >= 0.3 is 5.97 Å². The molecule has 0 heterocycles. The summed E-state index contributed by atoms with van der Waals surface area (Å²) in [5, 5.41) is 26.9. The van der Waals surface area contributed by atoms with Crippen LogP contribution in [0.15, 0.2) is 0 Å². The van der Waals surface area contributed by atoms with E-state index in [2.05, 4.69) is 0 Å². The number of rotatable bonds is 5. The summed E-state index contributed by atoms with van der Waals surface area (Å²) >= 11 is 0.966. The summed E-state index contributed by atoms with van der Waals surface area (Å²) in [6, 6.07) is 0. The number of aldehydes is 1. The van der Waals surface area contributed by atoms with Crippen molar-refractivity contribution in [1.82, 2.24) is 0 Å². The van der Waals surface area contributed by atoms with E-state index in [1.54, 1.807) is 0 Å². The number of nitrogens with two attached hydrogens (primary N) is 1. The van der Waals surface area contributed by atoms with E-state index in [1.807, 2.05) is 0 Å². The molecule has 0 spiro atoms. The summed E-state index contributed by atoms with van der Waals surface area (Å²) in [6.45, 7) is 0. The van der Waals surface area contributed by atoms with Gasteiger partial charge in [0.2, 0.25) is 11.3 Å². The van der Waals surface area contributed by atoms with Crippen LogP contribution in [0.4, 0.5) is 0 Å². The molecule has 1 atom stereocenters. The molecule has 0 bridgehead atoms. The van der Waals surface area contributed by atoms with Gasteiger partial charge < -0.3 is 25.8 Å². The lowest BCUT2D eigenvalue weighted by atomic mass is 9.93. The zero-order chi connectivity index (χ0) is 10.7. The lowest BCUT2D eigenvalue weighted by Crippen LogP contribution is -2.68. The van der Waals surface area contributed by atoms with E-state index in [1.165, 1.54) is 6.26 Å². The van der Waals surface area contributed by atoms with Crippen LogP contribution >= 0.6 is 11.8 Å². The van der Waals surface area contributed by atoms with Gasteiger partial charge in [0, 0.05) is 0 Å². The molecule has 1 unspecified atom stereocenters. The monoisotopic (exact) mass is 209 g/mol. The van der Waals surface area contributed by atoms with Crippen molar-refractivity contribution in [1.29, 1.82) is 0 Å². The minimum absolute atomic E-state index is 0.189. The van der Waals surface area contributed by atoms with Gasteiger partial charge in [-0.3, -0.25) is 0 Å². The third-order valence-electron chi connectivity index (χ3n) is 1.55. The Morgan fingerprint density at radius 3 is 2.31 bits per heavy atom. The topological polar surface area (TPSA) is 121 Å². The van der Waals surface area contributed by atoms with E-state index in [-0.39, 0.29) is 12.0 Å². The second-order valence-corrected chi connectivity index (χ2v) is 3.41. The van der Waals surface area contributed by atoms with Gasteiger partial charge in [-0.1, -0.05) is 0 Å². The molecule has 13 heavy (non-hydrogen) atoms. The average molecular weight is 209 g/mol. The number of hydrogen-bond donors (Lipinski definition) is 4. The van der Waals surface area contributed by atoms with Gasteiger partial charge in [-0.05, 0) is 6.26 Å². The smallest absolute Gasteiger partial charge is 0.336 e. The lowest BCUT2D eigenvalue weighted by molar-refractivity contribution is -0.199. The molecule has 0 aliphatic rings. The fraction of sp³-hybridized carbons (Fsp3) is 0.667. The quantitative estimate of drug-likeness (QED) is 0.235. The molecule has 76 valence electrons. The van der Waals surface area contributed by atoms with Crippen molar-refractivity contribution >= 4 is 24.0 Å². The maximum Gasteiger partial charge on any atom is 0.336 e. The first-order valence-electron chi connectivity index (χ1n) is 3.24. The average Bonchev–Trinajstić information content (AvgIpc) is 2.02. The Kier molecular flexibility index (Phi) is 3.86. The number of carboxylic acid groups (broad SMARTS) is 1. The van der Waals surface area contributed by atoms with Crippen LogP contribution in [0.5, 0.6) is 0 Å². The Bertz CT molecular complexity index is 219. The highest BCUT2D eigenvalue weighted by atomic mass is 32.2. The van der Waals surface area contributed by atoms with Gasteiger partial charge in [0.1, 0.15) is 0 Å². The molecule has 5 N–H and O–H groups in total. The van der Waals surface area contributed by atoms with Crippen LogP contribution in [-0.4, -0.2) is 50.9 Å². The predicted molar refractivity (Wildman–Crippen MR) is 46.2 cm³/mol. The third kappa shape index (κ3) is 2.19. The molecule has 7 heteroatoms. The number of hydrogen-bond acceptors (Lipinski definition) is 6. The molecule has 0 aromatic rings. The molecule has 0 radical (unpaired) electrons. The van der Waals surface area contributed by atoms with Crippen LogP contribution in [0, 0.1) is 0 Å². The number of aliphatic carboxylic acids is 1. The summed E-state index contributed by atoms with van der Waals surface area (Å²) in [6.07, 6.45) is 1.33. The summed E-state index contributed by atoms with van der Waals surface area (Å²) in [5.74, 6) is -4.89. The number of carbonyl (C=O) groups excluding carboxylic acids is 1. The maximum absolute atomic E-state index is 10.5. The van der Waals surface area contributed by atoms with Crippen LogP contribution < -0.4 is 5.73 Å². The first-order chi connectivity index (χ1) is 5.81. The second-order valence-electron chi connectivity index (χ2n) is 2.54. The largest absolute Gasteiger partial charge is 0.479 e. The molecule has 0 fully saturated rings. The van der Waals surface area contributed by atoms with Gasteiger partial charge in [-0.2, -0.15) is 11.8 Å². The summed E-state index contributed by atoms with van der Waals surface area (Å²) < 4.78 is 0. The number of thioether (sulfide) groups is 1. The van der Waals surface area contributed by atoms with Gasteiger partial charge in [-0.15, -0.1) is 0 Å². The van der Waals surface area contributed by atoms with Gasteiger partial charge in [0.05, 0.1) is 5.75 Å². The number of carbonyl (C=O) groups is 2. The summed E-state index contributed by atoms with van der Waals surface area (Å²) in [7, 11) is 0. The van der Waals surface area contributed by atoms with Crippen LogP contribution in [0.25, 0.3) is 0 Å². The minimum atomic E-state index is -2.75. The summed E-state index contributed by atoms with van der Waals surface area (Å²) in [4.78, 5) is 20.8. The zero-order valence-electron chi connectivity index (χ0n) is 6.93. The third-order valence-corrected chi connectivity index (χ3v) is 2.24. The highest BCUT2D eigenvalue weighted by Gasteiger charge is 2.53. The minimum Gasteiger partial charge on any atom is -0.479 e. The molecule has 0 aromatic carbocycles. The van der Waals surface area contributed by atoms with Crippen molar-refractivity contribution in [2.45, 2.75) is 11.3 Å². The SMILES string of the molecule is CSCC(O)(O)C(N)(C=O)C(=O)O. The maximum atomic E-state index is 10.5. The molecular formula is C6H11NO5S. The van der Waals surface area contributed by atoms with E-state index in [0.717, 1.165) is 11.8 Å². The number of carboxylic acids is 1. The molecule has 0 rings (SSSR count). The van der Waals surface area contributed by atoms with E-state index in [9.17, 15) is 19.8 Å². The van der Waals surface area contributed by atoms with Gasteiger partial charge in [-0.25, -0.2) is 4.79 Å². The molecule has 0 amide bonds. The van der Waals surface area contributed by atoms with Crippen molar-refractivity contribution < 1.29 is 24.9 Å². The predicted octanol–water partition coefficient (Wildman–Crippen LogP) is -1.99. The molecule has 0 aliphatic heterocycles. The lowest BCUT2D eigenvalue weighted by Gasteiger charge is -2.32. The molecule has 0 aromatic heterocycles. The van der Waals surface area contributed by atoms with E-state index in [0.29, 0.717) is 0 Å². The normalized spacial score (nSPS) is 16.3. The summed E-state index contributed by atoms with van der Waals surface area (Å²) in [5.41, 5.74) is 2.34. The van der Waals surface area contributed by atoms with E-state index in [4.69, 9.17) is 10.8 Å². The van der Waals surface area contributed by atoms with Crippen molar-refractivity contribution in [3.05, 3.63) is 0 Å². The fourth-order valence-corrected chi connectivity index (χ4v) is 1.28. The molecule has 0 saturated carbocycles. The highest BCUT2D eigenvalue weighted by molar-refractivity contribution is 7.98. The van der Waals surface area contributed by atoms with Crippen molar-refractivity contribution in [2.24, 2.45) is 5.73 Å². The molecule has 0 saturated heterocycles. The first kappa shape index (κ1) is 12.4. The Balaban J connectivity index is 4.94. The number of aliphatic hydroxyl groups is 2. The second kappa shape index (κ2) is 4.05. The Morgan fingerprint density at radius 2 is 2.08 bits per heavy atom. The Labute approximate surface area is 78.7 Å². The van der Waals surface area contributed by atoms with Crippen molar-refractivity contribution in [3.8, 4) is 0 Å². The van der Waals surface area contributed by atoms with Gasteiger partial charge in [0.25, 0.3) is 0 Å².